The van der Waals surface area contributed by atoms with E-state index in [1.807, 2.05) is 18.2 Å². The van der Waals surface area contributed by atoms with Gasteiger partial charge in [-0.3, -0.25) is 4.79 Å². The van der Waals surface area contributed by atoms with Gasteiger partial charge in [-0.2, -0.15) is 0 Å². The quantitative estimate of drug-likeness (QED) is 0.711. The van der Waals surface area contributed by atoms with Crippen molar-refractivity contribution in [1.82, 2.24) is 10.6 Å². The molecule has 2 heterocycles. The lowest BCUT2D eigenvalue weighted by molar-refractivity contribution is -0.112. The van der Waals surface area contributed by atoms with Crippen LogP contribution in [0.5, 0.6) is 5.75 Å². The molecule has 0 saturated carbocycles. The van der Waals surface area contributed by atoms with Crippen molar-refractivity contribution < 1.29 is 9.53 Å². The molecular weight excluding hydrogens is 230 g/mol. The van der Waals surface area contributed by atoms with Crippen LogP contribution in [0.3, 0.4) is 0 Å². The Kier molecular flexibility index (Phi) is 2.85. The minimum Gasteiger partial charge on any atom is -0.497 e. The van der Waals surface area contributed by atoms with Crippen molar-refractivity contribution in [3.63, 3.8) is 0 Å². The molecule has 5 nitrogen and oxygen atoms in total. The van der Waals surface area contributed by atoms with E-state index >= 15 is 0 Å². The molecule has 3 rings (SSSR count). The first-order valence-electron chi connectivity index (χ1n) is 6.02. The monoisotopic (exact) mass is 245 g/mol. The van der Waals surface area contributed by atoms with Crippen molar-refractivity contribution in [3.8, 4) is 5.75 Å². The summed E-state index contributed by atoms with van der Waals surface area (Å²) in [5, 5.41) is 8.18. The molecule has 94 valence electrons. The van der Waals surface area contributed by atoms with Crippen LogP contribution in [0.25, 0.3) is 5.57 Å². The van der Waals surface area contributed by atoms with Crippen molar-refractivity contribution in [1.29, 1.82) is 0 Å². The SMILES string of the molecule is COc1ccc2c(c1)=C(CC1CNCN1)C(=O)N=2. The van der Waals surface area contributed by atoms with E-state index in [-0.39, 0.29) is 5.91 Å². The maximum absolute atomic E-state index is 11.9. The highest BCUT2D eigenvalue weighted by Crippen LogP contribution is 2.12. The Morgan fingerprint density at radius 2 is 2.39 bits per heavy atom. The second kappa shape index (κ2) is 4.51. The lowest BCUT2D eigenvalue weighted by atomic mass is 10.0. The van der Waals surface area contributed by atoms with Crippen molar-refractivity contribution in [2.45, 2.75) is 12.5 Å². The number of hydrogen-bond acceptors (Lipinski definition) is 4. The lowest BCUT2D eigenvalue weighted by Crippen LogP contribution is -2.28. The summed E-state index contributed by atoms with van der Waals surface area (Å²) in [4.78, 5) is 16.0. The molecule has 0 radical (unpaired) electrons. The van der Waals surface area contributed by atoms with Crippen LogP contribution in [0, 0.1) is 0 Å². The summed E-state index contributed by atoms with van der Waals surface area (Å²) in [5.41, 5.74) is 0.783. The maximum atomic E-state index is 11.9. The first-order chi connectivity index (χ1) is 8.78. The second-order valence-corrected chi connectivity index (χ2v) is 4.51. The number of rotatable bonds is 3. The van der Waals surface area contributed by atoms with E-state index in [0.717, 1.165) is 35.1 Å². The number of carbonyl (C=O) groups is 1. The summed E-state index contributed by atoms with van der Waals surface area (Å²) in [5.74, 6) is 0.639. The van der Waals surface area contributed by atoms with Crippen molar-refractivity contribution in [3.05, 3.63) is 28.8 Å². The fraction of sp³-hybridized carbons (Fsp3) is 0.385. The number of carbonyl (C=O) groups excluding carboxylic acids is 1. The van der Waals surface area contributed by atoms with Gasteiger partial charge < -0.3 is 15.4 Å². The van der Waals surface area contributed by atoms with Crippen LogP contribution < -0.4 is 25.9 Å². The number of methoxy groups -OCH3 is 1. The van der Waals surface area contributed by atoms with Crippen molar-refractivity contribution in [2.75, 3.05) is 20.3 Å². The summed E-state index contributed by atoms with van der Waals surface area (Å²) in [6, 6.07) is 5.85. The van der Waals surface area contributed by atoms with Gasteiger partial charge in [-0.1, -0.05) is 0 Å². The molecule has 1 aromatic rings. The molecule has 1 aromatic carbocycles. The minimum atomic E-state index is -0.119. The van der Waals surface area contributed by atoms with Gasteiger partial charge in [0, 0.05) is 30.0 Å². The number of ether oxygens (including phenoxy) is 1. The van der Waals surface area contributed by atoms with Gasteiger partial charge in [-0.05, 0) is 24.6 Å². The van der Waals surface area contributed by atoms with Gasteiger partial charge in [-0.15, -0.1) is 0 Å². The molecule has 1 amide bonds. The summed E-state index contributed by atoms with van der Waals surface area (Å²) in [6.07, 6.45) is 0.704. The van der Waals surface area contributed by atoms with Crippen LogP contribution in [0.1, 0.15) is 6.42 Å². The Morgan fingerprint density at radius 1 is 1.50 bits per heavy atom. The van der Waals surface area contributed by atoms with Gasteiger partial charge in [-0.25, -0.2) is 4.99 Å². The third-order valence-electron chi connectivity index (χ3n) is 3.37. The van der Waals surface area contributed by atoms with Crippen LogP contribution in [0.15, 0.2) is 23.2 Å². The molecule has 1 fully saturated rings. The summed E-state index contributed by atoms with van der Waals surface area (Å²) < 4.78 is 5.20. The molecule has 0 spiro atoms. The Balaban J connectivity index is 2.03. The number of amides is 1. The summed E-state index contributed by atoms with van der Waals surface area (Å²) >= 11 is 0. The molecule has 0 bridgehead atoms. The molecule has 2 aliphatic heterocycles. The van der Waals surface area contributed by atoms with E-state index in [2.05, 4.69) is 15.6 Å². The molecule has 1 saturated heterocycles. The van der Waals surface area contributed by atoms with Crippen LogP contribution in [-0.2, 0) is 4.79 Å². The van der Waals surface area contributed by atoms with Gasteiger partial charge in [0.2, 0.25) is 0 Å². The summed E-state index contributed by atoms with van der Waals surface area (Å²) in [6.45, 7) is 1.68. The number of benzene rings is 1. The zero-order valence-electron chi connectivity index (χ0n) is 10.2. The largest absolute Gasteiger partial charge is 0.497 e. The highest BCUT2D eigenvalue weighted by atomic mass is 16.5. The molecule has 1 unspecified atom stereocenters. The molecular formula is C13H15N3O2. The van der Waals surface area contributed by atoms with Gasteiger partial charge in [0.05, 0.1) is 12.5 Å². The first kappa shape index (κ1) is 11.4. The van der Waals surface area contributed by atoms with Gasteiger partial charge in [0.15, 0.2) is 0 Å². The number of nitrogens with one attached hydrogen (secondary N) is 2. The Bertz CT molecular complexity index is 603. The third-order valence-corrected chi connectivity index (χ3v) is 3.37. The standard InChI is InChI=1S/C13H15N3O2/c1-18-9-2-3-12-10(5-9)11(13(17)16-12)4-8-6-14-7-15-8/h2-3,5,8,14-15H,4,6-7H2,1H3. The highest BCUT2D eigenvalue weighted by Gasteiger charge is 2.22. The average Bonchev–Trinajstić information content (AvgIpc) is 2.99. The highest BCUT2D eigenvalue weighted by molar-refractivity contribution is 6.15. The zero-order chi connectivity index (χ0) is 12.5. The Labute approximate surface area is 105 Å². The van der Waals surface area contributed by atoms with E-state index in [0.29, 0.717) is 12.5 Å². The topological polar surface area (TPSA) is 62.7 Å². The molecule has 5 heteroatoms. The normalized spacial score (nSPS) is 21.9. The fourth-order valence-corrected chi connectivity index (χ4v) is 2.40. The van der Waals surface area contributed by atoms with Crippen LogP contribution in [-0.4, -0.2) is 32.3 Å². The number of hydrogen-bond donors (Lipinski definition) is 2. The van der Waals surface area contributed by atoms with Crippen LogP contribution in [0.2, 0.25) is 0 Å². The molecule has 0 aliphatic carbocycles. The van der Waals surface area contributed by atoms with Crippen LogP contribution >= 0.6 is 0 Å². The van der Waals surface area contributed by atoms with Gasteiger partial charge >= 0.3 is 0 Å². The van der Waals surface area contributed by atoms with Gasteiger partial charge in [0.25, 0.3) is 5.91 Å². The van der Waals surface area contributed by atoms with E-state index in [9.17, 15) is 4.79 Å². The van der Waals surface area contributed by atoms with E-state index < -0.39 is 0 Å². The van der Waals surface area contributed by atoms with E-state index in [1.54, 1.807) is 7.11 Å². The number of nitrogens with zero attached hydrogens (tertiary/aromatic N) is 1. The molecule has 1 atom stereocenters. The first-order valence-corrected chi connectivity index (χ1v) is 6.02. The maximum Gasteiger partial charge on any atom is 0.274 e. The van der Waals surface area contributed by atoms with E-state index in [4.69, 9.17) is 4.74 Å². The second-order valence-electron chi connectivity index (χ2n) is 4.51. The predicted molar refractivity (Wildman–Crippen MR) is 66.6 cm³/mol. The van der Waals surface area contributed by atoms with E-state index in [1.165, 1.54) is 0 Å². The molecule has 0 aromatic heterocycles. The van der Waals surface area contributed by atoms with Crippen LogP contribution in [0.4, 0.5) is 0 Å². The van der Waals surface area contributed by atoms with Crippen molar-refractivity contribution in [2.24, 2.45) is 4.99 Å². The average molecular weight is 245 g/mol. The minimum absolute atomic E-state index is 0.119. The molecule has 18 heavy (non-hydrogen) atoms. The third kappa shape index (κ3) is 1.91. The lowest BCUT2D eigenvalue weighted by Gasteiger charge is -2.08. The Hall–Kier alpha value is -1.72. The fourth-order valence-electron chi connectivity index (χ4n) is 2.40. The van der Waals surface area contributed by atoms with Crippen molar-refractivity contribution >= 4 is 11.5 Å². The Morgan fingerprint density at radius 3 is 3.11 bits per heavy atom. The van der Waals surface area contributed by atoms with Gasteiger partial charge in [0.1, 0.15) is 5.75 Å². The molecule has 2 N–H and O–H groups in total. The zero-order valence-corrected chi connectivity index (χ0v) is 10.2. The molecule has 2 aliphatic rings. The summed E-state index contributed by atoms with van der Waals surface area (Å²) in [7, 11) is 1.62. The smallest absolute Gasteiger partial charge is 0.274 e. The predicted octanol–water partition coefficient (Wildman–Crippen LogP) is -1.09. The number of fused-ring (bicyclic) bond motifs is 1.